The summed E-state index contributed by atoms with van der Waals surface area (Å²) in [6.45, 7) is 2.50. The second kappa shape index (κ2) is 6.26. The maximum Gasteiger partial charge on any atom is 0.269 e. The number of nitrogens with one attached hydrogen (secondary N) is 2. The zero-order chi connectivity index (χ0) is 12.8. The van der Waals surface area contributed by atoms with Crippen molar-refractivity contribution < 1.29 is 4.79 Å². The molecule has 4 nitrogen and oxygen atoms in total. The number of carbonyl (C=O) groups excluding carboxylic acids is 1. The van der Waals surface area contributed by atoms with Gasteiger partial charge in [-0.2, -0.15) is 0 Å². The molecule has 2 rings (SSSR count). The van der Waals surface area contributed by atoms with Crippen molar-refractivity contribution in [2.45, 2.75) is 6.92 Å². The summed E-state index contributed by atoms with van der Waals surface area (Å²) in [7, 11) is 0. The first-order valence-corrected chi connectivity index (χ1v) is 6.80. The predicted octanol–water partition coefficient (Wildman–Crippen LogP) is 2.22. The third-order valence-corrected chi connectivity index (χ3v) is 3.11. The Morgan fingerprint density at radius 2 is 2.17 bits per heavy atom. The molecule has 2 N–H and O–H groups in total. The molecule has 0 spiro atoms. The number of hydrogen-bond acceptors (Lipinski definition) is 4. The smallest absolute Gasteiger partial charge is 0.269 e. The Morgan fingerprint density at radius 1 is 1.39 bits per heavy atom. The Morgan fingerprint density at radius 3 is 2.89 bits per heavy atom. The molecule has 0 atom stereocenters. The highest BCUT2D eigenvalue weighted by atomic mass is 32.2. The van der Waals surface area contributed by atoms with Crippen molar-refractivity contribution in [1.29, 1.82) is 0 Å². The molecule has 0 fully saturated rings. The van der Waals surface area contributed by atoms with Gasteiger partial charge in [-0.1, -0.05) is 30.0 Å². The van der Waals surface area contributed by atoms with Crippen LogP contribution in [0.15, 0.2) is 47.1 Å². The molecule has 0 bridgehead atoms. The zero-order valence-corrected chi connectivity index (χ0v) is 11.0. The van der Waals surface area contributed by atoms with E-state index in [1.165, 1.54) is 0 Å². The molecule has 1 aliphatic heterocycles. The number of anilines is 1. The Hall–Kier alpha value is -1.75. The fourth-order valence-corrected chi connectivity index (χ4v) is 2.24. The van der Waals surface area contributed by atoms with Gasteiger partial charge in [-0.3, -0.25) is 4.79 Å². The van der Waals surface area contributed by atoms with Crippen molar-refractivity contribution in [1.82, 2.24) is 5.32 Å². The van der Waals surface area contributed by atoms with Crippen LogP contribution in [-0.4, -0.2) is 23.4 Å². The van der Waals surface area contributed by atoms with Crippen LogP contribution in [0.5, 0.6) is 0 Å². The van der Waals surface area contributed by atoms with E-state index in [1.807, 2.05) is 43.3 Å². The number of benzene rings is 1. The Kier molecular flexibility index (Phi) is 4.41. The van der Waals surface area contributed by atoms with Gasteiger partial charge in [-0.05, 0) is 25.1 Å². The third kappa shape index (κ3) is 3.37. The number of amidine groups is 1. The number of thioether (sulfide) groups is 1. The van der Waals surface area contributed by atoms with Gasteiger partial charge in [0, 0.05) is 18.0 Å². The first-order chi connectivity index (χ1) is 8.79. The lowest BCUT2D eigenvalue weighted by molar-refractivity contribution is -0.117. The summed E-state index contributed by atoms with van der Waals surface area (Å²) in [4.78, 5) is 16.0. The molecule has 1 aromatic carbocycles. The average Bonchev–Trinajstić information content (AvgIpc) is 2.40. The van der Waals surface area contributed by atoms with E-state index in [2.05, 4.69) is 15.6 Å². The minimum atomic E-state index is -0.120. The van der Waals surface area contributed by atoms with Gasteiger partial charge in [-0.25, -0.2) is 4.99 Å². The van der Waals surface area contributed by atoms with E-state index in [1.54, 1.807) is 11.8 Å². The molecule has 1 aliphatic rings. The van der Waals surface area contributed by atoms with Gasteiger partial charge in [0.05, 0.1) is 0 Å². The minimum absolute atomic E-state index is 0.120. The zero-order valence-electron chi connectivity index (χ0n) is 10.1. The van der Waals surface area contributed by atoms with Crippen LogP contribution < -0.4 is 10.6 Å². The fourth-order valence-electron chi connectivity index (χ4n) is 1.49. The van der Waals surface area contributed by atoms with Crippen LogP contribution in [0.4, 0.5) is 5.69 Å². The normalized spacial score (nSPS) is 14.5. The Balaban J connectivity index is 2.06. The van der Waals surface area contributed by atoms with Gasteiger partial charge >= 0.3 is 0 Å². The predicted molar refractivity (Wildman–Crippen MR) is 76.7 cm³/mol. The number of carbonyl (C=O) groups is 1. The number of nitrogens with zero attached hydrogens (tertiary/aromatic N) is 1. The lowest BCUT2D eigenvalue weighted by Gasteiger charge is -2.13. The van der Waals surface area contributed by atoms with E-state index >= 15 is 0 Å². The molecule has 0 unspecified atom stereocenters. The summed E-state index contributed by atoms with van der Waals surface area (Å²) in [5.41, 5.74) is 1.45. The molecule has 1 aromatic rings. The standard InChI is InChI=1S/C13H15N3OS/c1-2-14-12(17)11-8-9-18-13(16-11)15-10-6-4-3-5-7-10/h3-8H,2,9H2,1H3,(H,14,17)(H,15,16). The van der Waals surface area contributed by atoms with E-state index in [0.29, 0.717) is 12.2 Å². The van der Waals surface area contributed by atoms with Crippen LogP contribution >= 0.6 is 11.8 Å². The Bertz CT molecular complexity index is 482. The van der Waals surface area contributed by atoms with E-state index in [9.17, 15) is 4.79 Å². The summed E-state index contributed by atoms with van der Waals surface area (Å²) in [5.74, 6) is 0.635. The van der Waals surface area contributed by atoms with Crippen molar-refractivity contribution in [2.24, 2.45) is 4.99 Å². The summed E-state index contributed by atoms with van der Waals surface area (Å²) < 4.78 is 0. The first kappa shape index (κ1) is 12.7. The van der Waals surface area contributed by atoms with Gasteiger partial charge in [-0.15, -0.1) is 0 Å². The highest BCUT2D eigenvalue weighted by molar-refractivity contribution is 8.14. The van der Waals surface area contributed by atoms with Crippen LogP contribution in [0.3, 0.4) is 0 Å². The summed E-state index contributed by atoms with van der Waals surface area (Å²) in [6, 6.07) is 9.80. The summed E-state index contributed by atoms with van der Waals surface area (Å²) in [5, 5.41) is 6.70. The van der Waals surface area contributed by atoms with Gasteiger partial charge in [0.25, 0.3) is 5.91 Å². The minimum Gasteiger partial charge on any atom is -0.351 e. The van der Waals surface area contributed by atoms with Crippen LogP contribution in [-0.2, 0) is 4.79 Å². The second-order valence-electron chi connectivity index (χ2n) is 3.67. The Labute approximate surface area is 111 Å². The van der Waals surface area contributed by atoms with Gasteiger partial charge < -0.3 is 10.6 Å². The molecule has 1 heterocycles. The number of para-hydroxylation sites is 1. The van der Waals surface area contributed by atoms with E-state index < -0.39 is 0 Å². The lowest BCUT2D eigenvalue weighted by atomic mass is 10.3. The third-order valence-electron chi connectivity index (χ3n) is 2.31. The SMILES string of the molecule is CCNC(=O)C1=CCSC(Nc2ccccc2)=N1. The van der Waals surface area contributed by atoms with Crippen LogP contribution in [0, 0.1) is 0 Å². The van der Waals surface area contributed by atoms with Crippen molar-refractivity contribution in [2.75, 3.05) is 17.6 Å². The van der Waals surface area contributed by atoms with Crippen molar-refractivity contribution in [3.8, 4) is 0 Å². The van der Waals surface area contributed by atoms with E-state index in [0.717, 1.165) is 16.6 Å². The largest absolute Gasteiger partial charge is 0.351 e. The van der Waals surface area contributed by atoms with Crippen molar-refractivity contribution in [3.63, 3.8) is 0 Å². The van der Waals surface area contributed by atoms with Gasteiger partial charge in [0.15, 0.2) is 5.17 Å². The number of likely N-dealkylation sites (N-methyl/N-ethyl adjacent to an activating group) is 1. The van der Waals surface area contributed by atoms with Crippen molar-refractivity contribution in [3.05, 3.63) is 42.1 Å². The molecular weight excluding hydrogens is 246 g/mol. The molecule has 0 saturated heterocycles. The molecule has 5 heteroatoms. The topological polar surface area (TPSA) is 53.5 Å². The molecule has 0 aliphatic carbocycles. The first-order valence-electron chi connectivity index (χ1n) is 5.81. The molecule has 1 amide bonds. The van der Waals surface area contributed by atoms with Gasteiger partial charge in [0.2, 0.25) is 0 Å². The molecule has 18 heavy (non-hydrogen) atoms. The quantitative estimate of drug-likeness (QED) is 0.877. The molecule has 94 valence electrons. The summed E-state index contributed by atoms with van der Waals surface area (Å²) >= 11 is 1.58. The lowest BCUT2D eigenvalue weighted by Crippen LogP contribution is -2.26. The van der Waals surface area contributed by atoms with Crippen LogP contribution in [0.1, 0.15) is 6.92 Å². The molecule has 0 radical (unpaired) electrons. The number of aliphatic imine (C=N–C) groups is 1. The van der Waals surface area contributed by atoms with Gasteiger partial charge in [0.1, 0.15) is 5.70 Å². The number of hydrogen-bond donors (Lipinski definition) is 2. The highest BCUT2D eigenvalue weighted by Crippen LogP contribution is 2.18. The van der Waals surface area contributed by atoms with Crippen LogP contribution in [0.25, 0.3) is 0 Å². The average molecular weight is 261 g/mol. The maximum atomic E-state index is 11.7. The van der Waals surface area contributed by atoms with E-state index in [-0.39, 0.29) is 5.91 Å². The second-order valence-corrected chi connectivity index (χ2v) is 4.68. The number of rotatable bonds is 3. The molecule has 0 aromatic heterocycles. The summed E-state index contributed by atoms with van der Waals surface area (Å²) in [6.07, 6.45) is 1.84. The van der Waals surface area contributed by atoms with Crippen molar-refractivity contribution >= 4 is 28.5 Å². The monoisotopic (exact) mass is 261 g/mol. The molecule has 0 saturated carbocycles. The maximum absolute atomic E-state index is 11.7. The highest BCUT2D eigenvalue weighted by Gasteiger charge is 2.13. The van der Waals surface area contributed by atoms with Crippen LogP contribution in [0.2, 0.25) is 0 Å². The van der Waals surface area contributed by atoms with E-state index in [4.69, 9.17) is 0 Å². The number of amides is 1. The molecular formula is C13H15N3OS. The fraction of sp³-hybridized carbons (Fsp3) is 0.231.